The third kappa shape index (κ3) is 4.46. The smallest absolute Gasteiger partial charge is 0.224 e. The first-order chi connectivity index (χ1) is 11.7. The number of rotatable bonds is 6. The van der Waals surface area contributed by atoms with Gasteiger partial charge in [-0.2, -0.15) is 5.10 Å². The highest BCUT2D eigenvalue weighted by Gasteiger charge is 2.04. The summed E-state index contributed by atoms with van der Waals surface area (Å²) in [4.78, 5) is 12.0. The van der Waals surface area contributed by atoms with E-state index in [9.17, 15) is 4.79 Å². The van der Waals surface area contributed by atoms with Crippen LogP contribution in [-0.2, 0) is 18.3 Å². The summed E-state index contributed by atoms with van der Waals surface area (Å²) in [5.41, 5.74) is 3.88. The van der Waals surface area contributed by atoms with Gasteiger partial charge in [-0.25, -0.2) is 0 Å². The van der Waals surface area contributed by atoms with Crippen molar-refractivity contribution in [3.8, 4) is 0 Å². The highest BCUT2D eigenvalue weighted by molar-refractivity contribution is 5.91. The van der Waals surface area contributed by atoms with E-state index in [-0.39, 0.29) is 5.91 Å². The molecule has 5 heteroatoms. The molecule has 2 aromatic carbocycles. The van der Waals surface area contributed by atoms with Gasteiger partial charge in [0.1, 0.15) is 0 Å². The minimum atomic E-state index is 0.00243. The summed E-state index contributed by atoms with van der Waals surface area (Å²) >= 11 is 0. The largest absolute Gasteiger partial charge is 0.356 e. The lowest BCUT2D eigenvalue weighted by Crippen LogP contribution is -2.12. The summed E-state index contributed by atoms with van der Waals surface area (Å²) in [5, 5.41) is 10.3. The van der Waals surface area contributed by atoms with Crippen LogP contribution in [-0.4, -0.2) is 15.7 Å². The first-order valence-electron chi connectivity index (χ1n) is 7.88. The average molecular weight is 320 g/mol. The predicted molar refractivity (Wildman–Crippen MR) is 96.3 cm³/mol. The molecule has 24 heavy (non-hydrogen) atoms. The van der Waals surface area contributed by atoms with E-state index in [0.717, 1.165) is 22.6 Å². The third-order valence-electron chi connectivity index (χ3n) is 3.63. The minimum Gasteiger partial charge on any atom is -0.356 e. The van der Waals surface area contributed by atoms with E-state index in [1.165, 1.54) is 0 Å². The summed E-state index contributed by atoms with van der Waals surface area (Å²) in [7, 11) is 1.87. The molecule has 0 saturated heterocycles. The van der Waals surface area contributed by atoms with Crippen LogP contribution in [0.15, 0.2) is 67.0 Å². The summed E-state index contributed by atoms with van der Waals surface area (Å²) in [6.07, 6.45) is 4.84. The van der Waals surface area contributed by atoms with Gasteiger partial charge in [0.05, 0.1) is 6.20 Å². The molecule has 1 heterocycles. The Bertz CT molecular complexity index is 794. The van der Waals surface area contributed by atoms with E-state index in [0.29, 0.717) is 12.8 Å². The molecule has 0 unspecified atom stereocenters. The van der Waals surface area contributed by atoms with Crippen LogP contribution < -0.4 is 10.6 Å². The van der Waals surface area contributed by atoms with E-state index in [1.807, 2.05) is 67.8 Å². The molecule has 0 saturated carbocycles. The normalized spacial score (nSPS) is 10.4. The Kier molecular flexibility index (Phi) is 4.91. The number of carbonyl (C=O) groups is 1. The second-order valence-electron chi connectivity index (χ2n) is 5.64. The van der Waals surface area contributed by atoms with Crippen molar-refractivity contribution in [2.24, 2.45) is 7.05 Å². The van der Waals surface area contributed by atoms with Crippen LogP contribution in [0.2, 0.25) is 0 Å². The maximum absolute atomic E-state index is 12.0. The molecule has 1 amide bonds. The molecule has 0 fully saturated rings. The Morgan fingerprint density at radius 1 is 1.00 bits per heavy atom. The second-order valence-corrected chi connectivity index (χ2v) is 5.64. The van der Waals surface area contributed by atoms with E-state index in [1.54, 1.807) is 10.9 Å². The molecule has 0 radical (unpaired) electrons. The van der Waals surface area contributed by atoms with E-state index in [2.05, 4.69) is 15.7 Å². The Hall–Kier alpha value is -3.08. The van der Waals surface area contributed by atoms with Gasteiger partial charge in [0.15, 0.2) is 0 Å². The van der Waals surface area contributed by atoms with Gasteiger partial charge < -0.3 is 10.6 Å². The fourth-order valence-electron chi connectivity index (χ4n) is 2.41. The Morgan fingerprint density at radius 2 is 1.67 bits per heavy atom. The monoisotopic (exact) mass is 320 g/mol. The molecule has 0 aliphatic rings. The zero-order valence-electron chi connectivity index (χ0n) is 13.6. The number of amides is 1. The van der Waals surface area contributed by atoms with Crippen molar-refractivity contribution in [3.63, 3.8) is 0 Å². The van der Waals surface area contributed by atoms with Crippen molar-refractivity contribution >= 4 is 23.0 Å². The van der Waals surface area contributed by atoms with Crippen LogP contribution in [0, 0.1) is 0 Å². The molecule has 0 spiro atoms. The first-order valence-corrected chi connectivity index (χ1v) is 7.88. The number of hydrogen-bond donors (Lipinski definition) is 2. The Balaban J connectivity index is 1.51. The second kappa shape index (κ2) is 7.46. The van der Waals surface area contributed by atoms with Crippen molar-refractivity contribution in [1.82, 2.24) is 9.78 Å². The van der Waals surface area contributed by atoms with Crippen LogP contribution in [0.3, 0.4) is 0 Å². The van der Waals surface area contributed by atoms with E-state index in [4.69, 9.17) is 0 Å². The molecule has 3 aromatic rings. The van der Waals surface area contributed by atoms with Crippen LogP contribution in [0.1, 0.15) is 12.0 Å². The van der Waals surface area contributed by atoms with Crippen molar-refractivity contribution < 1.29 is 4.79 Å². The lowest BCUT2D eigenvalue weighted by atomic mass is 10.2. The van der Waals surface area contributed by atoms with E-state index < -0.39 is 0 Å². The van der Waals surface area contributed by atoms with Gasteiger partial charge in [0, 0.05) is 36.7 Å². The molecule has 0 aliphatic carbocycles. The summed E-state index contributed by atoms with van der Waals surface area (Å²) in [6.45, 7) is 0. The average Bonchev–Trinajstić information content (AvgIpc) is 3.01. The molecular weight excluding hydrogens is 300 g/mol. The van der Waals surface area contributed by atoms with Crippen LogP contribution in [0.4, 0.5) is 17.1 Å². The Morgan fingerprint density at radius 3 is 2.33 bits per heavy atom. The van der Waals surface area contributed by atoms with Gasteiger partial charge >= 0.3 is 0 Å². The van der Waals surface area contributed by atoms with Crippen molar-refractivity contribution in [1.29, 1.82) is 0 Å². The van der Waals surface area contributed by atoms with Gasteiger partial charge in [-0.1, -0.05) is 18.2 Å². The topological polar surface area (TPSA) is 59.0 Å². The zero-order chi connectivity index (χ0) is 16.8. The number of aryl methyl sites for hydroxylation is 2. The van der Waals surface area contributed by atoms with Gasteiger partial charge in [0.25, 0.3) is 0 Å². The van der Waals surface area contributed by atoms with Crippen LogP contribution >= 0.6 is 0 Å². The SMILES string of the molecule is Cn1cc(CCC(=O)Nc2ccc(Nc3ccccc3)cc2)cn1. The van der Waals surface area contributed by atoms with E-state index >= 15 is 0 Å². The molecule has 0 atom stereocenters. The maximum atomic E-state index is 12.0. The fraction of sp³-hybridized carbons (Fsp3) is 0.158. The molecule has 2 N–H and O–H groups in total. The molecule has 5 nitrogen and oxygen atoms in total. The van der Waals surface area contributed by atoms with Gasteiger partial charge in [0.2, 0.25) is 5.91 Å². The number of anilines is 3. The van der Waals surface area contributed by atoms with Gasteiger partial charge in [-0.05, 0) is 48.4 Å². The van der Waals surface area contributed by atoms with Gasteiger partial charge in [-0.3, -0.25) is 9.48 Å². The third-order valence-corrected chi connectivity index (χ3v) is 3.63. The van der Waals surface area contributed by atoms with Crippen LogP contribution in [0.25, 0.3) is 0 Å². The standard InChI is InChI=1S/C19H20N4O/c1-23-14-15(13-20-23)7-12-19(24)22-18-10-8-17(9-11-18)21-16-5-3-2-4-6-16/h2-6,8-11,13-14,21H,7,12H2,1H3,(H,22,24). The summed E-state index contributed by atoms with van der Waals surface area (Å²) < 4.78 is 1.74. The highest BCUT2D eigenvalue weighted by Crippen LogP contribution is 2.18. The molecule has 1 aromatic heterocycles. The summed E-state index contributed by atoms with van der Waals surface area (Å²) in [6, 6.07) is 17.7. The zero-order valence-corrected chi connectivity index (χ0v) is 13.6. The number of carbonyl (C=O) groups excluding carboxylic acids is 1. The predicted octanol–water partition coefficient (Wildman–Crippen LogP) is 3.74. The number of hydrogen-bond acceptors (Lipinski definition) is 3. The number of aromatic nitrogens is 2. The number of benzene rings is 2. The lowest BCUT2D eigenvalue weighted by molar-refractivity contribution is -0.116. The Labute approximate surface area is 141 Å². The van der Waals surface area contributed by atoms with Gasteiger partial charge in [-0.15, -0.1) is 0 Å². The molecule has 3 rings (SSSR count). The lowest BCUT2D eigenvalue weighted by Gasteiger charge is -2.08. The molecule has 0 aliphatic heterocycles. The van der Waals surface area contributed by atoms with Crippen molar-refractivity contribution in [3.05, 3.63) is 72.6 Å². The van der Waals surface area contributed by atoms with Crippen molar-refractivity contribution in [2.45, 2.75) is 12.8 Å². The number of nitrogens with one attached hydrogen (secondary N) is 2. The first kappa shape index (κ1) is 15.8. The summed E-state index contributed by atoms with van der Waals surface area (Å²) in [5.74, 6) is 0.00243. The molecular formula is C19H20N4O. The quantitative estimate of drug-likeness (QED) is 0.727. The number of para-hydroxylation sites is 1. The number of nitrogens with zero attached hydrogens (tertiary/aromatic N) is 2. The minimum absolute atomic E-state index is 0.00243. The van der Waals surface area contributed by atoms with Crippen molar-refractivity contribution in [2.75, 3.05) is 10.6 Å². The van der Waals surface area contributed by atoms with Crippen LogP contribution in [0.5, 0.6) is 0 Å². The highest BCUT2D eigenvalue weighted by atomic mass is 16.1. The molecule has 0 bridgehead atoms. The fourth-order valence-corrected chi connectivity index (χ4v) is 2.41. The maximum Gasteiger partial charge on any atom is 0.224 e. The molecule has 122 valence electrons.